The fourth-order valence-electron chi connectivity index (χ4n) is 1.39. The van der Waals surface area contributed by atoms with Crippen LogP contribution in [0, 0.1) is 0 Å². The first-order valence-corrected chi connectivity index (χ1v) is 5.41. The maximum absolute atomic E-state index is 9.60. The smallest absolute Gasteiger partial charge is 0.119 e. The molecule has 1 aromatic heterocycles. The van der Waals surface area contributed by atoms with Crippen LogP contribution in [0.2, 0.25) is 0 Å². The molecule has 0 saturated heterocycles. The number of hydrogen-bond acceptors (Lipinski definition) is 3. The zero-order valence-electron chi connectivity index (χ0n) is 7.24. The molecular formula is C10H10OS2. The Morgan fingerprint density at radius 3 is 2.85 bits per heavy atom. The first-order chi connectivity index (χ1) is 6.20. The number of thiol groups is 1. The fourth-order valence-corrected chi connectivity index (χ4v) is 2.67. The van der Waals surface area contributed by atoms with E-state index in [-0.39, 0.29) is 0 Å². The number of rotatable bonds is 1. The van der Waals surface area contributed by atoms with E-state index in [0.29, 0.717) is 5.75 Å². The molecule has 0 spiro atoms. The highest BCUT2D eigenvalue weighted by Gasteiger charge is 2.04. The third kappa shape index (κ3) is 1.54. The summed E-state index contributed by atoms with van der Waals surface area (Å²) in [7, 11) is 0. The summed E-state index contributed by atoms with van der Waals surface area (Å²) in [5.74, 6) is 0.390. The molecule has 0 bridgehead atoms. The molecule has 2 aromatic rings. The van der Waals surface area contributed by atoms with Crippen molar-refractivity contribution >= 4 is 34.1 Å². The largest absolute Gasteiger partial charge is 0.508 e. The molecule has 0 saturated carbocycles. The number of thiophene rings is 1. The van der Waals surface area contributed by atoms with Gasteiger partial charge in [0.25, 0.3) is 0 Å². The Kier molecular flexibility index (Phi) is 2.22. The number of phenolic OH excluding ortho intramolecular Hbond substituents is 1. The van der Waals surface area contributed by atoms with Crippen LogP contribution in [0.3, 0.4) is 0 Å². The van der Waals surface area contributed by atoms with Crippen molar-refractivity contribution in [3.05, 3.63) is 23.8 Å². The van der Waals surface area contributed by atoms with E-state index in [2.05, 4.69) is 12.6 Å². The Balaban J connectivity index is 2.72. The minimum Gasteiger partial charge on any atom is -0.508 e. The van der Waals surface area contributed by atoms with Gasteiger partial charge in [0, 0.05) is 4.70 Å². The number of fused-ring (bicyclic) bond motifs is 1. The summed E-state index contributed by atoms with van der Waals surface area (Å²) in [4.78, 5) is 0. The summed E-state index contributed by atoms with van der Waals surface area (Å²) >= 11 is 5.92. The van der Waals surface area contributed by atoms with Crippen molar-refractivity contribution in [2.24, 2.45) is 0 Å². The Morgan fingerprint density at radius 1 is 1.38 bits per heavy atom. The van der Waals surface area contributed by atoms with Crippen molar-refractivity contribution in [1.29, 1.82) is 0 Å². The molecule has 0 amide bonds. The van der Waals surface area contributed by atoms with Gasteiger partial charge in [-0.3, -0.25) is 0 Å². The van der Waals surface area contributed by atoms with Crippen LogP contribution in [-0.4, -0.2) is 5.11 Å². The molecule has 1 aromatic carbocycles. The van der Waals surface area contributed by atoms with Crippen LogP contribution in [0.5, 0.6) is 5.75 Å². The normalized spacial score (nSPS) is 10.9. The predicted octanol–water partition coefficient (Wildman–Crippen LogP) is 3.46. The van der Waals surface area contributed by atoms with Crippen molar-refractivity contribution in [1.82, 2.24) is 0 Å². The van der Waals surface area contributed by atoms with Gasteiger partial charge in [-0.25, -0.2) is 0 Å². The molecular weight excluding hydrogens is 200 g/mol. The molecule has 68 valence electrons. The molecule has 0 radical (unpaired) electrons. The molecule has 2 rings (SSSR count). The lowest BCUT2D eigenvalue weighted by Gasteiger charge is -2.00. The molecule has 0 fully saturated rings. The van der Waals surface area contributed by atoms with Gasteiger partial charge in [-0.2, -0.15) is 0 Å². The second kappa shape index (κ2) is 3.24. The summed E-state index contributed by atoms with van der Waals surface area (Å²) in [6, 6.07) is 5.82. The molecule has 3 heteroatoms. The van der Waals surface area contributed by atoms with E-state index in [9.17, 15) is 5.11 Å². The van der Waals surface area contributed by atoms with Gasteiger partial charge in [0.05, 0.1) is 4.21 Å². The van der Waals surface area contributed by atoms with Crippen LogP contribution in [0.4, 0.5) is 0 Å². The van der Waals surface area contributed by atoms with Gasteiger partial charge < -0.3 is 5.11 Å². The SMILES string of the molecule is CCc1cc2sc(S)cc2cc1O. The average Bonchev–Trinajstić information content (AvgIpc) is 2.42. The van der Waals surface area contributed by atoms with Gasteiger partial charge in [0.1, 0.15) is 5.75 Å². The molecule has 1 N–H and O–H groups in total. The first-order valence-electron chi connectivity index (χ1n) is 4.15. The molecule has 0 aliphatic rings. The van der Waals surface area contributed by atoms with E-state index in [1.54, 1.807) is 11.3 Å². The zero-order valence-corrected chi connectivity index (χ0v) is 8.95. The van der Waals surface area contributed by atoms with Crippen molar-refractivity contribution in [2.45, 2.75) is 17.6 Å². The minimum absolute atomic E-state index is 0.390. The Bertz CT molecular complexity index is 445. The highest BCUT2D eigenvalue weighted by atomic mass is 32.2. The monoisotopic (exact) mass is 210 g/mol. The van der Waals surface area contributed by atoms with Gasteiger partial charge in [-0.05, 0) is 35.6 Å². The molecule has 0 unspecified atom stereocenters. The van der Waals surface area contributed by atoms with Crippen LogP contribution < -0.4 is 0 Å². The summed E-state index contributed by atoms with van der Waals surface area (Å²) in [5, 5.41) is 10.7. The molecule has 1 heterocycles. The number of aryl methyl sites for hydroxylation is 1. The number of benzene rings is 1. The van der Waals surface area contributed by atoms with Gasteiger partial charge in [0.15, 0.2) is 0 Å². The predicted molar refractivity (Wildman–Crippen MR) is 60.1 cm³/mol. The second-order valence-electron chi connectivity index (χ2n) is 2.96. The highest BCUT2D eigenvalue weighted by molar-refractivity contribution is 7.83. The fraction of sp³-hybridized carbons (Fsp3) is 0.200. The molecule has 13 heavy (non-hydrogen) atoms. The van der Waals surface area contributed by atoms with Crippen molar-refractivity contribution in [2.75, 3.05) is 0 Å². The van der Waals surface area contributed by atoms with E-state index in [4.69, 9.17) is 0 Å². The average molecular weight is 210 g/mol. The van der Waals surface area contributed by atoms with Crippen LogP contribution in [-0.2, 0) is 6.42 Å². The Morgan fingerprint density at radius 2 is 2.15 bits per heavy atom. The molecule has 1 nitrogen and oxygen atoms in total. The van der Waals surface area contributed by atoms with Crippen molar-refractivity contribution in [3.63, 3.8) is 0 Å². The number of hydrogen-bond donors (Lipinski definition) is 2. The quantitative estimate of drug-likeness (QED) is 0.691. The lowest BCUT2D eigenvalue weighted by Crippen LogP contribution is -1.79. The molecule has 0 aliphatic heterocycles. The van der Waals surface area contributed by atoms with Gasteiger partial charge in [-0.15, -0.1) is 24.0 Å². The summed E-state index contributed by atoms with van der Waals surface area (Å²) in [5.41, 5.74) is 1.00. The maximum Gasteiger partial charge on any atom is 0.119 e. The highest BCUT2D eigenvalue weighted by Crippen LogP contribution is 2.33. The van der Waals surface area contributed by atoms with E-state index in [1.807, 2.05) is 25.1 Å². The van der Waals surface area contributed by atoms with Crippen LogP contribution in [0.1, 0.15) is 12.5 Å². The summed E-state index contributed by atoms with van der Waals surface area (Å²) < 4.78 is 2.18. The van der Waals surface area contributed by atoms with E-state index >= 15 is 0 Å². The summed E-state index contributed by atoms with van der Waals surface area (Å²) in [6.45, 7) is 2.04. The zero-order chi connectivity index (χ0) is 9.42. The van der Waals surface area contributed by atoms with E-state index in [0.717, 1.165) is 21.6 Å². The van der Waals surface area contributed by atoms with Gasteiger partial charge in [-0.1, -0.05) is 6.92 Å². The van der Waals surface area contributed by atoms with Crippen LogP contribution in [0.25, 0.3) is 10.1 Å². The lowest BCUT2D eigenvalue weighted by molar-refractivity contribution is 0.470. The van der Waals surface area contributed by atoms with Crippen LogP contribution >= 0.6 is 24.0 Å². The van der Waals surface area contributed by atoms with Crippen molar-refractivity contribution in [3.8, 4) is 5.75 Å². The number of aromatic hydroxyl groups is 1. The van der Waals surface area contributed by atoms with E-state index in [1.165, 1.54) is 4.70 Å². The standard InChI is InChI=1S/C10H10OS2/c1-2-6-4-9-7(3-8(6)11)5-10(12)13-9/h3-5,11-12H,2H2,1H3. The van der Waals surface area contributed by atoms with Gasteiger partial charge in [0.2, 0.25) is 0 Å². The number of phenols is 1. The van der Waals surface area contributed by atoms with Crippen molar-refractivity contribution < 1.29 is 5.11 Å². The first kappa shape index (κ1) is 8.91. The third-order valence-corrected chi connectivity index (χ3v) is 3.39. The molecule has 0 aliphatic carbocycles. The van der Waals surface area contributed by atoms with Gasteiger partial charge >= 0.3 is 0 Å². The third-order valence-electron chi connectivity index (χ3n) is 2.09. The summed E-state index contributed by atoms with van der Waals surface area (Å²) in [6.07, 6.45) is 0.863. The van der Waals surface area contributed by atoms with Crippen LogP contribution in [0.15, 0.2) is 22.4 Å². The molecule has 0 atom stereocenters. The topological polar surface area (TPSA) is 20.2 Å². The maximum atomic E-state index is 9.60. The Hall–Kier alpha value is -0.670. The Labute approximate surface area is 86.4 Å². The van der Waals surface area contributed by atoms with E-state index < -0.39 is 0 Å². The lowest BCUT2D eigenvalue weighted by atomic mass is 10.1. The second-order valence-corrected chi connectivity index (χ2v) is 4.83. The minimum atomic E-state index is 0.390.